The Kier molecular flexibility index (Phi) is 3.30. The minimum absolute atomic E-state index is 0.235. The monoisotopic (exact) mass is 244 g/mol. The summed E-state index contributed by atoms with van der Waals surface area (Å²) in [6.45, 7) is 9.09. The molecule has 2 aliphatic heterocycles. The van der Waals surface area contributed by atoms with Gasteiger partial charge in [0.2, 0.25) is 0 Å². The van der Waals surface area contributed by atoms with Gasteiger partial charge in [0.1, 0.15) is 11.8 Å². The summed E-state index contributed by atoms with van der Waals surface area (Å²) in [4.78, 5) is 15.4. The van der Waals surface area contributed by atoms with Gasteiger partial charge in [-0.2, -0.15) is 0 Å². The van der Waals surface area contributed by atoms with Crippen molar-refractivity contribution in [1.29, 1.82) is 0 Å². The highest BCUT2D eigenvalue weighted by molar-refractivity contribution is 5.69. The second kappa shape index (κ2) is 4.44. The second-order valence-electron chi connectivity index (χ2n) is 6.07. The SMILES string of the molecule is CC(C)(C)OC(=O)N1CC(CN2CC(F)C2)C1. The molecule has 2 aliphatic rings. The first-order valence-electron chi connectivity index (χ1n) is 6.18. The molecule has 0 unspecified atom stereocenters. The Morgan fingerprint density at radius 3 is 2.35 bits per heavy atom. The molecule has 17 heavy (non-hydrogen) atoms. The highest BCUT2D eigenvalue weighted by Crippen LogP contribution is 2.22. The Labute approximate surface area is 102 Å². The number of hydrogen-bond donors (Lipinski definition) is 0. The van der Waals surface area contributed by atoms with E-state index in [-0.39, 0.29) is 6.09 Å². The van der Waals surface area contributed by atoms with E-state index >= 15 is 0 Å². The molecule has 2 fully saturated rings. The van der Waals surface area contributed by atoms with Crippen LogP contribution >= 0.6 is 0 Å². The predicted octanol–water partition coefficient (Wildman–Crippen LogP) is 1.51. The fourth-order valence-corrected chi connectivity index (χ4v) is 2.18. The third-order valence-corrected chi connectivity index (χ3v) is 3.04. The molecule has 2 heterocycles. The van der Waals surface area contributed by atoms with E-state index < -0.39 is 11.8 Å². The first-order chi connectivity index (χ1) is 7.83. The van der Waals surface area contributed by atoms with Crippen molar-refractivity contribution < 1.29 is 13.9 Å². The maximum Gasteiger partial charge on any atom is 0.410 e. The molecule has 0 bridgehead atoms. The molecule has 0 saturated carbocycles. The minimum Gasteiger partial charge on any atom is -0.444 e. The maximum atomic E-state index is 12.6. The number of likely N-dealkylation sites (tertiary alicyclic amines) is 2. The molecule has 0 atom stereocenters. The van der Waals surface area contributed by atoms with Crippen molar-refractivity contribution in [3.8, 4) is 0 Å². The number of carbonyl (C=O) groups is 1. The molecule has 2 rings (SSSR count). The smallest absolute Gasteiger partial charge is 0.410 e. The van der Waals surface area contributed by atoms with Crippen LogP contribution in [0.15, 0.2) is 0 Å². The topological polar surface area (TPSA) is 32.8 Å². The maximum absolute atomic E-state index is 12.6. The van der Waals surface area contributed by atoms with Crippen LogP contribution in [-0.4, -0.2) is 60.4 Å². The quantitative estimate of drug-likeness (QED) is 0.738. The molecular weight excluding hydrogens is 223 g/mol. The van der Waals surface area contributed by atoms with E-state index in [4.69, 9.17) is 4.74 Å². The number of hydrogen-bond acceptors (Lipinski definition) is 3. The molecule has 4 nitrogen and oxygen atoms in total. The van der Waals surface area contributed by atoms with Gasteiger partial charge in [-0.05, 0) is 20.8 Å². The van der Waals surface area contributed by atoms with Crippen LogP contribution in [0.3, 0.4) is 0 Å². The van der Waals surface area contributed by atoms with Gasteiger partial charge in [0, 0.05) is 38.6 Å². The van der Waals surface area contributed by atoms with Gasteiger partial charge in [-0.1, -0.05) is 0 Å². The summed E-state index contributed by atoms with van der Waals surface area (Å²) in [5, 5.41) is 0. The summed E-state index contributed by atoms with van der Waals surface area (Å²) in [7, 11) is 0. The van der Waals surface area contributed by atoms with Crippen molar-refractivity contribution in [2.75, 3.05) is 32.7 Å². The average molecular weight is 244 g/mol. The van der Waals surface area contributed by atoms with E-state index in [2.05, 4.69) is 4.90 Å². The molecular formula is C12H21FN2O2. The van der Waals surface area contributed by atoms with Gasteiger partial charge in [0.25, 0.3) is 0 Å². The molecule has 0 spiro atoms. The van der Waals surface area contributed by atoms with Gasteiger partial charge in [0.15, 0.2) is 0 Å². The van der Waals surface area contributed by atoms with Crippen LogP contribution < -0.4 is 0 Å². The van der Waals surface area contributed by atoms with Crippen molar-refractivity contribution in [2.24, 2.45) is 5.92 Å². The lowest BCUT2D eigenvalue weighted by molar-refractivity contribution is -0.0192. The summed E-state index contributed by atoms with van der Waals surface area (Å²) in [6.07, 6.45) is -0.877. The Bertz CT molecular complexity index is 291. The first kappa shape index (κ1) is 12.6. The van der Waals surface area contributed by atoms with Crippen molar-refractivity contribution in [1.82, 2.24) is 9.80 Å². The van der Waals surface area contributed by atoms with E-state index in [1.165, 1.54) is 0 Å². The number of halogens is 1. The highest BCUT2D eigenvalue weighted by atomic mass is 19.1. The summed E-state index contributed by atoms with van der Waals surface area (Å²) in [5.41, 5.74) is -0.429. The van der Waals surface area contributed by atoms with Crippen LogP contribution in [-0.2, 0) is 4.74 Å². The summed E-state index contributed by atoms with van der Waals surface area (Å²) in [5.74, 6) is 0.481. The molecule has 0 radical (unpaired) electrons. The van der Waals surface area contributed by atoms with E-state index in [1.807, 2.05) is 20.8 Å². The lowest BCUT2D eigenvalue weighted by atomic mass is 9.98. The molecule has 0 aromatic rings. The predicted molar refractivity (Wildman–Crippen MR) is 62.6 cm³/mol. The van der Waals surface area contributed by atoms with E-state index in [0.717, 1.165) is 19.6 Å². The van der Waals surface area contributed by atoms with Crippen LogP contribution in [0.2, 0.25) is 0 Å². The molecule has 5 heteroatoms. The van der Waals surface area contributed by atoms with E-state index in [0.29, 0.717) is 19.0 Å². The van der Waals surface area contributed by atoms with Crippen LogP contribution in [0.4, 0.5) is 9.18 Å². The van der Waals surface area contributed by atoms with Crippen LogP contribution in [0.5, 0.6) is 0 Å². The molecule has 0 N–H and O–H groups in total. The third kappa shape index (κ3) is 3.31. The first-order valence-corrected chi connectivity index (χ1v) is 6.18. The minimum atomic E-state index is -0.642. The fraction of sp³-hybridized carbons (Fsp3) is 0.917. The zero-order valence-electron chi connectivity index (χ0n) is 10.8. The number of ether oxygens (including phenoxy) is 1. The summed E-state index contributed by atoms with van der Waals surface area (Å²) in [6, 6.07) is 0. The Balaban J connectivity index is 1.63. The molecule has 0 aromatic carbocycles. The van der Waals surface area contributed by atoms with Crippen molar-refractivity contribution in [3.05, 3.63) is 0 Å². The molecule has 1 amide bonds. The van der Waals surface area contributed by atoms with Crippen molar-refractivity contribution >= 4 is 6.09 Å². The van der Waals surface area contributed by atoms with Crippen molar-refractivity contribution in [3.63, 3.8) is 0 Å². The molecule has 0 aromatic heterocycles. The van der Waals surface area contributed by atoms with Crippen molar-refractivity contribution in [2.45, 2.75) is 32.5 Å². The summed E-state index contributed by atoms with van der Waals surface area (Å²) >= 11 is 0. The third-order valence-electron chi connectivity index (χ3n) is 3.04. The lowest BCUT2D eigenvalue weighted by Crippen LogP contribution is -2.58. The lowest BCUT2D eigenvalue weighted by Gasteiger charge is -2.44. The zero-order valence-corrected chi connectivity index (χ0v) is 10.8. The van der Waals surface area contributed by atoms with Gasteiger partial charge in [-0.3, -0.25) is 4.90 Å². The highest BCUT2D eigenvalue weighted by Gasteiger charge is 2.37. The largest absolute Gasteiger partial charge is 0.444 e. The van der Waals surface area contributed by atoms with Crippen LogP contribution in [0.25, 0.3) is 0 Å². The van der Waals surface area contributed by atoms with E-state index in [1.54, 1.807) is 4.90 Å². The normalized spacial score (nSPS) is 23.2. The Hall–Kier alpha value is -0.840. The fourth-order valence-electron chi connectivity index (χ4n) is 2.18. The van der Waals surface area contributed by atoms with Gasteiger partial charge < -0.3 is 9.64 Å². The van der Waals surface area contributed by atoms with Gasteiger partial charge >= 0.3 is 6.09 Å². The summed E-state index contributed by atoms with van der Waals surface area (Å²) < 4.78 is 17.9. The number of amides is 1. The van der Waals surface area contributed by atoms with Gasteiger partial charge in [-0.25, -0.2) is 9.18 Å². The molecule has 2 saturated heterocycles. The Morgan fingerprint density at radius 1 is 1.29 bits per heavy atom. The number of alkyl halides is 1. The molecule has 0 aliphatic carbocycles. The second-order valence-corrected chi connectivity index (χ2v) is 6.07. The zero-order chi connectivity index (χ0) is 12.6. The average Bonchev–Trinajstić information content (AvgIpc) is 2.02. The standard InChI is InChI=1S/C12H21FN2O2/c1-12(2,3)17-11(16)15-5-9(6-15)4-14-7-10(13)8-14/h9-10H,4-8H2,1-3H3. The Morgan fingerprint density at radius 2 is 1.88 bits per heavy atom. The van der Waals surface area contributed by atoms with E-state index in [9.17, 15) is 9.18 Å². The molecule has 98 valence electrons. The van der Waals surface area contributed by atoms with Crippen LogP contribution in [0, 0.1) is 5.92 Å². The number of carbonyl (C=O) groups excluding carboxylic acids is 1. The van der Waals surface area contributed by atoms with Gasteiger partial charge in [-0.15, -0.1) is 0 Å². The number of rotatable bonds is 2. The number of nitrogens with zero attached hydrogens (tertiary/aromatic N) is 2. The van der Waals surface area contributed by atoms with Gasteiger partial charge in [0.05, 0.1) is 0 Å². The van der Waals surface area contributed by atoms with Crippen LogP contribution in [0.1, 0.15) is 20.8 Å².